The van der Waals surface area contributed by atoms with E-state index in [9.17, 15) is 19.7 Å². The molecule has 4 aromatic rings. The van der Waals surface area contributed by atoms with Crippen LogP contribution in [0.25, 0.3) is 0 Å². The Kier molecular flexibility index (Phi) is 33.2. The minimum atomic E-state index is -2.62. The van der Waals surface area contributed by atoms with Crippen LogP contribution in [0, 0.1) is 16.2 Å². The van der Waals surface area contributed by atoms with Crippen molar-refractivity contribution in [3.8, 4) is 0 Å². The highest BCUT2D eigenvalue weighted by Gasteiger charge is 2.76. The Morgan fingerprint density at radius 2 is 0.513 bits per heavy atom. The third kappa shape index (κ3) is 20.1. The molecule has 0 aromatic heterocycles. The van der Waals surface area contributed by atoms with Crippen LogP contribution in [0.5, 0.6) is 0 Å². The molecule has 8 N–H and O–H groups in total. The van der Waals surface area contributed by atoms with Crippen molar-refractivity contribution in [3.63, 3.8) is 0 Å². The molecule has 2 atom stereocenters. The summed E-state index contributed by atoms with van der Waals surface area (Å²) in [6.07, 6.45) is 8.74. The van der Waals surface area contributed by atoms with Gasteiger partial charge in [0.05, 0.1) is 31.8 Å². The predicted molar refractivity (Wildman–Crippen MR) is 480 cm³/mol. The first kappa shape index (κ1) is 103. The van der Waals surface area contributed by atoms with E-state index in [1.807, 2.05) is 0 Å². The van der Waals surface area contributed by atoms with Crippen LogP contribution in [0.3, 0.4) is 0 Å². The van der Waals surface area contributed by atoms with Crippen molar-refractivity contribution >= 4 is 17.2 Å². The lowest BCUT2D eigenvalue weighted by Gasteiger charge is -2.68. The van der Waals surface area contributed by atoms with E-state index in [0.717, 1.165) is 82.6 Å². The number of rotatable bonds is 32. The summed E-state index contributed by atoms with van der Waals surface area (Å²) >= 11 is 0. The van der Waals surface area contributed by atoms with Crippen LogP contribution >= 0.6 is 17.2 Å². The molecular formula is C99H170O12P2. The van der Waals surface area contributed by atoms with Gasteiger partial charge in [-0.25, -0.2) is 0 Å². The molecule has 4 aromatic carbocycles. The zero-order chi connectivity index (χ0) is 87.8. The lowest BCUT2D eigenvalue weighted by Crippen LogP contribution is -2.72. The van der Waals surface area contributed by atoms with Crippen LogP contribution in [0.4, 0.5) is 0 Å². The van der Waals surface area contributed by atoms with Gasteiger partial charge in [0.1, 0.15) is 11.7 Å². The molecule has 648 valence electrons. The van der Waals surface area contributed by atoms with Crippen LogP contribution in [0.1, 0.15) is 449 Å². The molecule has 12 nitrogen and oxygen atoms in total. The van der Waals surface area contributed by atoms with Crippen molar-refractivity contribution in [3.05, 3.63) is 138 Å². The number of aliphatic hydroxyl groups excluding tert-OH is 2. The van der Waals surface area contributed by atoms with Gasteiger partial charge in [0.15, 0.2) is 6.29 Å². The molecule has 2 aliphatic heterocycles. The molecule has 0 amide bonds. The summed E-state index contributed by atoms with van der Waals surface area (Å²) in [7, 11) is -5.24. The fourth-order valence-electron chi connectivity index (χ4n) is 16.3. The number of benzene rings is 4. The Hall–Kier alpha value is -2.74. The third-order valence-electron chi connectivity index (χ3n) is 30.6. The monoisotopic (exact) mass is 1610 g/mol. The van der Waals surface area contributed by atoms with E-state index in [1.54, 1.807) is 0 Å². The number of aliphatic hydroxyl groups is 2. The second-order valence-corrected chi connectivity index (χ2v) is 44.5. The van der Waals surface area contributed by atoms with Crippen LogP contribution in [0.2, 0.25) is 0 Å². The van der Waals surface area contributed by atoms with Crippen LogP contribution in [0.15, 0.2) is 48.5 Å². The van der Waals surface area contributed by atoms with Gasteiger partial charge in [0.2, 0.25) is 5.79 Å². The van der Waals surface area contributed by atoms with E-state index in [4.69, 9.17) is 38.8 Å². The maximum Gasteiger partial charge on any atom is 0.324 e. The molecule has 2 fully saturated rings. The van der Waals surface area contributed by atoms with Crippen molar-refractivity contribution < 1.29 is 58.5 Å². The van der Waals surface area contributed by atoms with Gasteiger partial charge in [0.25, 0.3) is 0 Å². The molecule has 1 spiro atoms. The standard InChI is InChI=1S/C99H164O6.2H3O3P/c1-41-83(13,14)65-53-69(87(21,22)45-5)77(70(54-65)88(23,24)46-6)81-97(63-102-82(103-64-97)95(37,38)61-100)98(78-71(89(25,26)47-7)55-66(84(15,16)42-2)56-72(78)90(27,28)48-8,79-73(91(29,30)49-9)57-67(85(17,18)43-3)58-74(79)92(31,32)50-10)105-99(104-81,96(39,40)62-101)80-75(93(33,34)51-11)59-68(86(19,20)44-4)60-76(80)94(35,36)52-12;2*1-4(2)3/h53-60,81-82,100-101H,41-52,61-64H2,1-40H3;2*1-3H. The average Bonchev–Trinajstić information content (AvgIpc) is 0.649. The van der Waals surface area contributed by atoms with Gasteiger partial charge in [-0.2, -0.15) is 0 Å². The molecule has 0 bridgehead atoms. The topological polar surface area (TPSA) is 199 Å². The summed E-state index contributed by atoms with van der Waals surface area (Å²) in [5.41, 5.74) is 10.1. The van der Waals surface area contributed by atoms with E-state index in [0.29, 0.717) is 0 Å². The first-order chi connectivity index (χ1) is 51.2. The summed E-state index contributed by atoms with van der Waals surface area (Å²) in [6, 6.07) is 21.1. The summed E-state index contributed by atoms with van der Waals surface area (Å²) in [5, 5.41) is 25.6. The van der Waals surface area contributed by atoms with E-state index in [2.05, 4.69) is 325 Å². The van der Waals surface area contributed by atoms with Crippen molar-refractivity contribution in [2.24, 2.45) is 16.2 Å². The summed E-state index contributed by atoms with van der Waals surface area (Å²) in [5.74, 6) is -1.83. The highest BCUT2D eigenvalue weighted by molar-refractivity contribution is 7.38. The molecule has 2 unspecified atom stereocenters. The molecule has 0 aliphatic carbocycles. The molecule has 113 heavy (non-hydrogen) atoms. The predicted octanol–water partition coefficient (Wildman–Crippen LogP) is 25.6. The zero-order valence-corrected chi connectivity index (χ0v) is 81.5. The van der Waals surface area contributed by atoms with E-state index >= 15 is 0 Å². The minimum Gasteiger partial charge on any atom is -0.396 e. The fraction of sp³-hybridized carbons (Fsp3) is 0.758. The van der Waals surface area contributed by atoms with Gasteiger partial charge in [0, 0.05) is 16.4 Å². The Morgan fingerprint density at radius 1 is 0.310 bits per heavy atom. The third-order valence-corrected chi connectivity index (χ3v) is 30.6. The lowest BCUT2D eigenvalue weighted by atomic mass is 9.50. The molecule has 0 saturated carbocycles. The molecule has 14 heteroatoms. The largest absolute Gasteiger partial charge is 0.396 e. The minimum absolute atomic E-state index is 0.131. The quantitative estimate of drug-likeness (QED) is 0.0216. The van der Waals surface area contributed by atoms with Crippen molar-refractivity contribution in [2.75, 3.05) is 26.4 Å². The second kappa shape index (κ2) is 36.5. The highest BCUT2D eigenvalue weighted by atomic mass is 31.2. The Morgan fingerprint density at radius 3 is 0.717 bits per heavy atom. The van der Waals surface area contributed by atoms with E-state index in [1.165, 1.54) is 83.5 Å². The Bertz CT molecular complexity index is 3550. The van der Waals surface area contributed by atoms with Crippen LogP contribution < -0.4 is 0 Å². The van der Waals surface area contributed by atoms with E-state index in [-0.39, 0.29) is 48.1 Å². The van der Waals surface area contributed by atoms with Gasteiger partial charge in [-0.1, -0.05) is 325 Å². The van der Waals surface area contributed by atoms with Gasteiger partial charge in [-0.15, -0.1) is 0 Å². The number of hydrogen-bond donors (Lipinski definition) is 8. The molecule has 0 radical (unpaired) electrons. The number of hydrogen-bond acceptors (Lipinski definition) is 12. The highest BCUT2D eigenvalue weighted by Crippen LogP contribution is 2.74. The molecular weight excluding hydrogens is 1440 g/mol. The van der Waals surface area contributed by atoms with E-state index < -0.39 is 101 Å². The number of ether oxygens (including phenoxy) is 4. The van der Waals surface area contributed by atoms with Crippen molar-refractivity contribution in [1.82, 2.24) is 0 Å². The van der Waals surface area contributed by atoms with Gasteiger partial charge < -0.3 is 58.5 Å². The van der Waals surface area contributed by atoms with Crippen LogP contribution in [-0.2, 0) is 95.3 Å². The van der Waals surface area contributed by atoms with Crippen molar-refractivity contribution in [1.29, 1.82) is 0 Å². The maximum absolute atomic E-state index is 13.8. The van der Waals surface area contributed by atoms with Gasteiger partial charge in [-0.05, 0) is 225 Å². The normalized spacial score (nSPS) is 19.7. The average molecular weight is 1610 g/mol. The first-order valence-corrected chi connectivity index (χ1v) is 46.0. The van der Waals surface area contributed by atoms with Crippen molar-refractivity contribution in [2.45, 2.75) is 443 Å². The second-order valence-electron chi connectivity index (χ2n) is 43.4. The molecule has 2 aliphatic rings. The smallest absolute Gasteiger partial charge is 0.324 e. The summed E-state index contributed by atoms with van der Waals surface area (Å²) < 4.78 is 36.2. The maximum atomic E-state index is 13.8. The summed E-state index contributed by atoms with van der Waals surface area (Å²) in [4.78, 5) is 43.4. The SMILES string of the molecule is CCC(C)(C)c1cc(C(C)(C)CC)c(C2OC(c3c(C(C)(C)CC)cc(C(C)(C)CC)cc3C(C)(C)CC)(C(C)(C)CO)OC(c3c(C(C)(C)CC)cc(C(C)(C)CC)cc3C(C)(C)CC)(c3c(C(C)(C)CC)cc(C(C)(C)CC)cc3C(C)(C)CC)C23COC(C(C)(C)CO)OC3)c(C(C)(C)CC)c1.OP(O)O.OP(O)O. The molecule has 2 heterocycles. The molecule has 2 saturated heterocycles. The fourth-order valence-corrected chi connectivity index (χ4v) is 16.3. The Labute approximate surface area is 694 Å². The Balaban J connectivity index is 0.00000320. The van der Waals surface area contributed by atoms with Crippen LogP contribution in [-0.4, -0.2) is 72.3 Å². The first-order valence-electron chi connectivity index (χ1n) is 43.6. The lowest BCUT2D eigenvalue weighted by molar-refractivity contribution is -0.464. The van der Waals surface area contributed by atoms with Gasteiger partial charge in [-0.3, -0.25) is 0 Å². The summed E-state index contributed by atoms with van der Waals surface area (Å²) in [6.45, 7) is 96.7. The zero-order valence-electron chi connectivity index (χ0n) is 79.7. The van der Waals surface area contributed by atoms with Gasteiger partial charge >= 0.3 is 17.2 Å². The molecule has 6 rings (SSSR count).